The molecule has 1 saturated carbocycles. The lowest BCUT2D eigenvalue weighted by atomic mass is 9.91. The predicted molar refractivity (Wildman–Crippen MR) is 122 cm³/mol. The molecular weight excluding hydrogens is 406 g/mol. The highest BCUT2D eigenvalue weighted by molar-refractivity contribution is 6.46. The van der Waals surface area contributed by atoms with Gasteiger partial charge in [-0.2, -0.15) is 0 Å². The summed E-state index contributed by atoms with van der Waals surface area (Å²) >= 11 is 0. The highest BCUT2D eigenvalue weighted by Crippen LogP contribution is 2.43. The second-order valence-corrected chi connectivity index (χ2v) is 8.23. The van der Waals surface area contributed by atoms with Gasteiger partial charge < -0.3 is 19.5 Å². The summed E-state index contributed by atoms with van der Waals surface area (Å²) in [6.07, 6.45) is 4.90. The number of Topliss-reactive ketones (excluding diaryl/α,β-unsaturated/α-hetero) is 1. The van der Waals surface area contributed by atoms with Gasteiger partial charge in [0.05, 0.1) is 25.3 Å². The third kappa shape index (κ3) is 4.09. The molecular formula is C26H29NO5. The van der Waals surface area contributed by atoms with Gasteiger partial charge in [-0.05, 0) is 61.7 Å². The standard InChI is InChI=1S/C26H29NO5/c1-3-32-20-14-12-17(13-15-20)24(28)22-23(18-8-7-11-21(16-18)31-2)27(26(30)25(22)29)19-9-5-4-6-10-19/h7-8,11-16,19,23,28H,3-6,9-10H2,1-2H3/b24-22-. The molecule has 168 valence electrons. The first-order chi connectivity index (χ1) is 15.5. The molecule has 6 heteroatoms. The van der Waals surface area contributed by atoms with Crippen molar-refractivity contribution in [2.24, 2.45) is 0 Å². The Kier molecular flexibility index (Phi) is 6.49. The number of amides is 1. The molecule has 2 aliphatic rings. The molecule has 6 nitrogen and oxygen atoms in total. The molecule has 1 heterocycles. The SMILES string of the molecule is CCOc1ccc(/C(O)=C2/C(=O)C(=O)N(C3CCCCC3)C2c2cccc(OC)c2)cc1. The highest BCUT2D eigenvalue weighted by atomic mass is 16.5. The lowest BCUT2D eigenvalue weighted by molar-refractivity contribution is -0.141. The van der Waals surface area contributed by atoms with Crippen LogP contribution in [-0.4, -0.2) is 41.5 Å². The predicted octanol–water partition coefficient (Wildman–Crippen LogP) is 4.85. The van der Waals surface area contributed by atoms with Crippen LogP contribution in [-0.2, 0) is 9.59 Å². The summed E-state index contributed by atoms with van der Waals surface area (Å²) in [5.74, 6) is -0.0432. The number of nitrogens with zero attached hydrogens (tertiary/aromatic N) is 1. The van der Waals surface area contributed by atoms with Gasteiger partial charge in [0.15, 0.2) is 0 Å². The van der Waals surface area contributed by atoms with Crippen LogP contribution >= 0.6 is 0 Å². The van der Waals surface area contributed by atoms with E-state index in [1.54, 1.807) is 36.3 Å². The van der Waals surface area contributed by atoms with Gasteiger partial charge >= 0.3 is 0 Å². The monoisotopic (exact) mass is 435 g/mol. The molecule has 1 atom stereocenters. The van der Waals surface area contributed by atoms with E-state index < -0.39 is 17.7 Å². The fourth-order valence-corrected chi connectivity index (χ4v) is 4.76. The van der Waals surface area contributed by atoms with Gasteiger partial charge in [0.2, 0.25) is 0 Å². The molecule has 4 rings (SSSR count). The largest absolute Gasteiger partial charge is 0.507 e. The number of hydrogen-bond donors (Lipinski definition) is 1. The van der Waals surface area contributed by atoms with E-state index in [4.69, 9.17) is 9.47 Å². The van der Waals surface area contributed by atoms with Crippen LogP contribution in [0.5, 0.6) is 11.5 Å². The molecule has 1 amide bonds. The Balaban J connectivity index is 1.83. The third-order valence-electron chi connectivity index (χ3n) is 6.30. The Hall–Kier alpha value is -3.28. The molecule has 1 aliphatic heterocycles. The smallest absolute Gasteiger partial charge is 0.295 e. The number of aliphatic hydroxyl groups is 1. The Labute approximate surface area is 188 Å². The van der Waals surface area contributed by atoms with Gasteiger partial charge in [-0.25, -0.2) is 0 Å². The van der Waals surface area contributed by atoms with Crippen molar-refractivity contribution in [2.45, 2.75) is 51.1 Å². The molecule has 2 fully saturated rings. The molecule has 1 N–H and O–H groups in total. The number of benzene rings is 2. The van der Waals surface area contributed by atoms with Crippen molar-refractivity contribution in [1.29, 1.82) is 0 Å². The summed E-state index contributed by atoms with van der Waals surface area (Å²) in [6, 6.07) is 13.6. The van der Waals surface area contributed by atoms with Crippen LogP contribution in [0.3, 0.4) is 0 Å². The van der Waals surface area contributed by atoms with E-state index in [2.05, 4.69) is 0 Å². The van der Waals surface area contributed by atoms with Gasteiger partial charge in [-0.1, -0.05) is 31.4 Å². The van der Waals surface area contributed by atoms with Crippen molar-refractivity contribution in [3.05, 3.63) is 65.2 Å². The van der Waals surface area contributed by atoms with E-state index in [1.807, 2.05) is 31.2 Å². The quantitative estimate of drug-likeness (QED) is 0.399. The topological polar surface area (TPSA) is 76.1 Å². The van der Waals surface area contributed by atoms with Gasteiger partial charge in [0, 0.05) is 11.6 Å². The number of methoxy groups -OCH3 is 1. The maximum Gasteiger partial charge on any atom is 0.295 e. The van der Waals surface area contributed by atoms with Gasteiger partial charge in [0.1, 0.15) is 17.3 Å². The van der Waals surface area contributed by atoms with E-state index in [0.29, 0.717) is 23.7 Å². The number of ether oxygens (including phenoxy) is 2. The maximum absolute atomic E-state index is 13.2. The minimum Gasteiger partial charge on any atom is -0.507 e. The zero-order valence-electron chi connectivity index (χ0n) is 18.5. The number of carbonyl (C=O) groups excluding carboxylic acids is 2. The van der Waals surface area contributed by atoms with E-state index in [1.165, 1.54) is 0 Å². The van der Waals surface area contributed by atoms with E-state index >= 15 is 0 Å². The van der Waals surface area contributed by atoms with Crippen molar-refractivity contribution in [2.75, 3.05) is 13.7 Å². The molecule has 2 aromatic rings. The first kappa shape index (κ1) is 21.9. The summed E-state index contributed by atoms with van der Waals surface area (Å²) in [5, 5.41) is 11.2. The zero-order valence-corrected chi connectivity index (χ0v) is 18.5. The number of aliphatic hydroxyl groups excluding tert-OH is 1. The fourth-order valence-electron chi connectivity index (χ4n) is 4.76. The molecule has 0 bridgehead atoms. The first-order valence-electron chi connectivity index (χ1n) is 11.2. The second-order valence-electron chi connectivity index (χ2n) is 8.23. The van der Waals surface area contributed by atoms with Crippen molar-refractivity contribution in [3.8, 4) is 11.5 Å². The minimum absolute atomic E-state index is 0.0259. The molecule has 2 aromatic carbocycles. The molecule has 1 aliphatic carbocycles. The van der Waals surface area contributed by atoms with Gasteiger partial charge in [-0.15, -0.1) is 0 Å². The number of hydrogen-bond acceptors (Lipinski definition) is 5. The van der Waals surface area contributed by atoms with Crippen molar-refractivity contribution < 1.29 is 24.2 Å². The van der Waals surface area contributed by atoms with Crippen molar-refractivity contribution >= 4 is 17.4 Å². The number of rotatable bonds is 6. The van der Waals surface area contributed by atoms with Crippen LogP contribution < -0.4 is 9.47 Å². The average Bonchev–Trinajstić information content (AvgIpc) is 3.10. The Morgan fingerprint density at radius 1 is 1.03 bits per heavy atom. The zero-order chi connectivity index (χ0) is 22.7. The molecule has 1 saturated heterocycles. The van der Waals surface area contributed by atoms with Crippen LogP contribution in [0.4, 0.5) is 0 Å². The summed E-state index contributed by atoms with van der Waals surface area (Å²) in [6.45, 7) is 2.43. The first-order valence-corrected chi connectivity index (χ1v) is 11.2. The summed E-state index contributed by atoms with van der Waals surface area (Å²) < 4.78 is 10.9. The molecule has 0 aromatic heterocycles. The molecule has 0 radical (unpaired) electrons. The molecule has 0 spiro atoms. The number of likely N-dealkylation sites (tertiary alicyclic amines) is 1. The van der Waals surface area contributed by atoms with Crippen molar-refractivity contribution in [3.63, 3.8) is 0 Å². The Morgan fingerprint density at radius 3 is 2.41 bits per heavy atom. The lowest BCUT2D eigenvalue weighted by Crippen LogP contribution is -2.40. The third-order valence-corrected chi connectivity index (χ3v) is 6.30. The van der Waals surface area contributed by atoms with Crippen LogP contribution in [0.25, 0.3) is 5.76 Å². The van der Waals surface area contributed by atoms with Crippen LogP contribution in [0.15, 0.2) is 54.1 Å². The van der Waals surface area contributed by atoms with Crippen LogP contribution in [0.1, 0.15) is 56.2 Å². The Bertz CT molecular complexity index is 1020. The van der Waals surface area contributed by atoms with E-state index in [0.717, 1.165) is 37.7 Å². The maximum atomic E-state index is 13.2. The highest BCUT2D eigenvalue weighted by Gasteiger charge is 2.48. The Morgan fingerprint density at radius 2 is 1.75 bits per heavy atom. The lowest BCUT2D eigenvalue weighted by Gasteiger charge is -2.35. The van der Waals surface area contributed by atoms with Crippen LogP contribution in [0, 0.1) is 0 Å². The average molecular weight is 436 g/mol. The van der Waals surface area contributed by atoms with E-state index in [-0.39, 0.29) is 17.4 Å². The van der Waals surface area contributed by atoms with Gasteiger partial charge in [-0.3, -0.25) is 9.59 Å². The molecule has 32 heavy (non-hydrogen) atoms. The number of carbonyl (C=O) groups is 2. The van der Waals surface area contributed by atoms with E-state index in [9.17, 15) is 14.7 Å². The summed E-state index contributed by atoms with van der Waals surface area (Å²) in [5.41, 5.74) is 1.35. The fraction of sp³-hybridized carbons (Fsp3) is 0.385. The second kappa shape index (κ2) is 9.47. The van der Waals surface area contributed by atoms with Crippen molar-refractivity contribution in [1.82, 2.24) is 4.90 Å². The van der Waals surface area contributed by atoms with Gasteiger partial charge in [0.25, 0.3) is 11.7 Å². The minimum atomic E-state index is -0.653. The summed E-state index contributed by atoms with van der Waals surface area (Å²) in [7, 11) is 1.58. The van der Waals surface area contributed by atoms with Crippen LogP contribution in [0.2, 0.25) is 0 Å². The normalized spacial score (nSPS) is 21.1. The molecule has 1 unspecified atom stereocenters. The number of ketones is 1. The summed E-state index contributed by atoms with van der Waals surface area (Å²) in [4.78, 5) is 28.1.